The topological polar surface area (TPSA) is 55.5 Å². The highest BCUT2D eigenvalue weighted by molar-refractivity contribution is 5.51. The maximum Gasteiger partial charge on any atom is 0.130 e. The van der Waals surface area contributed by atoms with E-state index in [-0.39, 0.29) is 11.8 Å². The molecule has 0 radical (unpaired) electrons. The lowest BCUT2D eigenvalue weighted by Gasteiger charge is -2.04. The monoisotopic (exact) mass is 165 g/mol. The summed E-state index contributed by atoms with van der Waals surface area (Å²) in [4.78, 5) is 0. The van der Waals surface area contributed by atoms with Gasteiger partial charge in [0.25, 0.3) is 0 Å². The van der Waals surface area contributed by atoms with Crippen LogP contribution < -0.4 is 10.5 Å². The number of phenols is 1. The Morgan fingerprint density at radius 3 is 3.08 bits per heavy atom. The largest absolute Gasteiger partial charge is 0.508 e. The lowest BCUT2D eigenvalue weighted by Crippen LogP contribution is -2.10. The van der Waals surface area contributed by atoms with Crippen molar-refractivity contribution in [1.82, 2.24) is 0 Å². The fourth-order valence-corrected chi connectivity index (χ4v) is 1.45. The van der Waals surface area contributed by atoms with E-state index in [9.17, 15) is 5.11 Å². The van der Waals surface area contributed by atoms with E-state index in [0.29, 0.717) is 6.61 Å². The summed E-state index contributed by atoms with van der Waals surface area (Å²) in [5.74, 6) is 1.02. The van der Waals surface area contributed by atoms with Crippen LogP contribution >= 0.6 is 0 Å². The molecule has 0 aliphatic carbocycles. The number of phenolic OH excluding ortho intramolecular Hbond substituents is 1. The summed E-state index contributed by atoms with van der Waals surface area (Å²) >= 11 is 0. The average Bonchev–Trinajstić information content (AvgIpc) is 2.41. The number of hydrogen-bond acceptors (Lipinski definition) is 3. The number of benzene rings is 1. The number of aromatic hydroxyl groups is 1. The number of nitrogens with two attached hydrogens (primary N) is 1. The molecule has 0 fully saturated rings. The molecule has 64 valence electrons. The third-order valence-corrected chi connectivity index (χ3v) is 2.21. The van der Waals surface area contributed by atoms with Gasteiger partial charge in [0.1, 0.15) is 18.1 Å². The van der Waals surface area contributed by atoms with Crippen LogP contribution in [0.3, 0.4) is 0 Å². The van der Waals surface area contributed by atoms with Crippen molar-refractivity contribution in [2.75, 3.05) is 6.61 Å². The van der Waals surface area contributed by atoms with E-state index in [2.05, 4.69) is 0 Å². The Labute approximate surface area is 70.8 Å². The Balaban J connectivity index is 2.60. The predicted octanol–water partition coefficient (Wildman–Crippen LogP) is 1.09. The van der Waals surface area contributed by atoms with Crippen molar-refractivity contribution < 1.29 is 9.84 Å². The Bertz CT molecular complexity index is 323. The van der Waals surface area contributed by atoms with Gasteiger partial charge in [0.15, 0.2) is 0 Å². The summed E-state index contributed by atoms with van der Waals surface area (Å²) in [6.45, 7) is 2.34. The molecular weight excluding hydrogens is 154 g/mol. The van der Waals surface area contributed by atoms with Crippen molar-refractivity contribution in [3.63, 3.8) is 0 Å². The van der Waals surface area contributed by atoms with E-state index in [4.69, 9.17) is 10.5 Å². The second-order valence-electron chi connectivity index (χ2n) is 3.05. The standard InChI is InChI=1S/C9H11NO2/c1-5-8(11)3-2-6-7(10)4-12-9(5)6/h2-3,7,11H,4,10H2,1H3. The number of rotatable bonds is 0. The van der Waals surface area contributed by atoms with Gasteiger partial charge in [-0.15, -0.1) is 0 Å². The molecule has 0 spiro atoms. The molecule has 1 aromatic rings. The first-order valence-electron chi connectivity index (χ1n) is 3.91. The van der Waals surface area contributed by atoms with Crippen LogP contribution in [0.1, 0.15) is 17.2 Å². The molecule has 1 heterocycles. The van der Waals surface area contributed by atoms with Gasteiger partial charge in [0.05, 0.1) is 6.04 Å². The first-order chi connectivity index (χ1) is 5.70. The Hall–Kier alpha value is -1.22. The maximum atomic E-state index is 9.35. The first kappa shape index (κ1) is 7.43. The van der Waals surface area contributed by atoms with Crippen LogP contribution in [0, 0.1) is 6.92 Å². The molecular formula is C9H11NO2. The number of hydrogen-bond donors (Lipinski definition) is 2. The fraction of sp³-hybridized carbons (Fsp3) is 0.333. The molecule has 3 nitrogen and oxygen atoms in total. The van der Waals surface area contributed by atoms with E-state index in [1.807, 2.05) is 13.0 Å². The van der Waals surface area contributed by atoms with Crippen molar-refractivity contribution in [2.24, 2.45) is 5.73 Å². The molecule has 2 rings (SSSR count). The number of fused-ring (bicyclic) bond motifs is 1. The van der Waals surface area contributed by atoms with Crippen molar-refractivity contribution in [3.05, 3.63) is 23.3 Å². The molecule has 0 aromatic heterocycles. The molecule has 0 saturated heterocycles. The minimum atomic E-state index is -0.0423. The van der Waals surface area contributed by atoms with E-state index in [0.717, 1.165) is 16.9 Å². The number of ether oxygens (including phenoxy) is 1. The third kappa shape index (κ3) is 0.865. The van der Waals surface area contributed by atoms with Gasteiger partial charge in [0, 0.05) is 11.1 Å². The summed E-state index contributed by atoms with van der Waals surface area (Å²) in [5.41, 5.74) is 7.53. The molecule has 0 bridgehead atoms. The molecule has 1 aliphatic rings. The maximum absolute atomic E-state index is 9.35. The zero-order chi connectivity index (χ0) is 8.72. The highest BCUT2D eigenvalue weighted by Gasteiger charge is 2.23. The van der Waals surface area contributed by atoms with Crippen LogP contribution in [0.5, 0.6) is 11.5 Å². The highest BCUT2D eigenvalue weighted by atomic mass is 16.5. The molecule has 1 aromatic carbocycles. The molecule has 1 atom stereocenters. The second kappa shape index (κ2) is 2.38. The molecule has 0 amide bonds. The van der Waals surface area contributed by atoms with Gasteiger partial charge in [-0.05, 0) is 19.1 Å². The van der Waals surface area contributed by atoms with Crippen LogP contribution in [-0.2, 0) is 0 Å². The zero-order valence-corrected chi connectivity index (χ0v) is 6.87. The quantitative estimate of drug-likeness (QED) is 0.605. The van der Waals surface area contributed by atoms with Gasteiger partial charge in [-0.1, -0.05) is 0 Å². The van der Waals surface area contributed by atoms with Crippen LogP contribution in [0.2, 0.25) is 0 Å². The van der Waals surface area contributed by atoms with Gasteiger partial charge in [-0.25, -0.2) is 0 Å². The third-order valence-electron chi connectivity index (χ3n) is 2.21. The first-order valence-corrected chi connectivity index (χ1v) is 3.91. The summed E-state index contributed by atoms with van der Waals surface area (Å²) in [7, 11) is 0. The summed E-state index contributed by atoms with van der Waals surface area (Å²) in [6.07, 6.45) is 0. The smallest absolute Gasteiger partial charge is 0.130 e. The lowest BCUT2D eigenvalue weighted by atomic mass is 10.1. The van der Waals surface area contributed by atoms with Gasteiger partial charge in [0.2, 0.25) is 0 Å². The molecule has 3 heteroatoms. The molecule has 12 heavy (non-hydrogen) atoms. The molecule has 0 saturated carbocycles. The van der Waals surface area contributed by atoms with E-state index < -0.39 is 0 Å². The minimum Gasteiger partial charge on any atom is -0.508 e. The van der Waals surface area contributed by atoms with Crippen LogP contribution in [0.15, 0.2) is 12.1 Å². The average molecular weight is 165 g/mol. The van der Waals surface area contributed by atoms with Gasteiger partial charge in [-0.2, -0.15) is 0 Å². The van der Waals surface area contributed by atoms with E-state index in [1.54, 1.807) is 6.07 Å². The Kier molecular flexibility index (Phi) is 1.48. The van der Waals surface area contributed by atoms with Crippen LogP contribution in [0.25, 0.3) is 0 Å². The second-order valence-corrected chi connectivity index (χ2v) is 3.05. The predicted molar refractivity (Wildman–Crippen MR) is 45.3 cm³/mol. The van der Waals surface area contributed by atoms with Crippen molar-refractivity contribution in [3.8, 4) is 11.5 Å². The van der Waals surface area contributed by atoms with Crippen molar-refractivity contribution in [1.29, 1.82) is 0 Å². The SMILES string of the molecule is Cc1c(O)ccc2c1OCC2N. The van der Waals surface area contributed by atoms with Gasteiger partial charge < -0.3 is 15.6 Å². The molecule has 3 N–H and O–H groups in total. The van der Waals surface area contributed by atoms with Crippen molar-refractivity contribution in [2.45, 2.75) is 13.0 Å². The Morgan fingerprint density at radius 1 is 1.58 bits per heavy atom. The molecule has 1 unspecified atom stereocenters. The summed E-state index contributed by atoms with van der Waals surface area (Å²) in [6, 6.07) is 3.43. The van der Waals surface area contributed by atoms with Gasteiger partial charge in [-0.3, -0.25) is 0 Å². The normalized spacial score (nSPS) is 20.3. The minimum absolute atomic E-state index is 0.0423. The fourth-order valence-electron chi connectivity index (χ4n) is 1.45. The zero-order valence-electron chi connectivity index (χ0n) is 6.87. The Morgan fingerprint density at radius 2 is 2.33 bits per heavy atom. The lowest BCUT2D eigenvalue weighted by molar-refractivity contribution is 0.329. The van der Waals surface area contributed by atoms with Crippen molar-refractivity contribution >= 4 is 0 Å². The van der Waals surface area contributed by atoms with Crippen LogP contribution in [-0.4, -0.2) is 11.7 Å². The van der Waals surface area contributed by atoms with E-state index >= 15 is 0 Å². The van der Waals surface area contributed by atoms with Gasteiger partial charge >= 0.3 is 0 Å². The summed E-state index contributed by atoms with van der Waals surface area (Å²) in [5, 5.41) is 9.35. The van der Waals surface area contributed by atoms with E-state index in [1.165, 1.54) is 0 Å². The summed E-state index contributed by atoms with van der Waals surface area (Å²) < 4.78 is 5.34. The van der Waals surface area contributed by atoms with Crippen LogP contribution in [0.4, 0.5) is 0 Å². The molecule has 1 aliphatic heterocycles. The highest BCUT2D eigenvalue weighted by Crippen LogP contribution is 2.37.